The first kappa shape index (κ1) is 21.0. The third kappa shape index (κ3) is 3.21. The fourth-order valence-corrected chi connectivity index (χ4v) is 5.93. The molecular formula is C36H24N2. The summed E-state index contributed by atoms with van der Waals surface area (Å²) < 4.78 is 2.44. The van der Waals surface area contributed by atoms with E-state index in [1.807, 2.05) is 12.4 Å². The minimum atomic E-state index is 1.19. The van der Waals surface area contributed by atoms with E-state index in [0.717, 1.165) is 0 Å². The molecule has 2 nitrogen and oxygen atoms in total. The summed E-state index contributed by atoms with van der Waals surface area (Å²) in [7, 11) is 0. The van der Waals surface area contributed by atoms with Gasteiger partial charge in [0.15, 0.2) is 0 Å². The largest absolute Gasteiger partial charge is 0.367 e. The maximum Gasteiger partial charge on any atom is 0.0619 e. The fourth-order valence-electron chi connectivity index (χ4n) is 5.93. The molecule has 6 aromatic carbocycles. The molecule has 0 amide bonds. The molecule has 0 aliphatic rings. The summed E-state index contributed by atoms with van der Waals surface area (Å²) in [5.41, 5.74) is 8.54. The average Bonchev–Trinajstić information content (AvgIpc) is 3.64. The van der Waals surface area contributed by atoms with Gasteiger partial charge in [0.1, 0.15) is 0 Å². The van der Waals surface area contributed by atoms with Gasteiger partial charge < -0.3 is 9.55 Å². The van der Waals surface area contributed by atoms with Gasteiger partial charge in [-0.15, -0.1) is 0 Å². The van der Waals surface area contributed by atoms with Gasteiger partial charge in [-0.2, -0.15) is 0 Å². The molecule has 0 saturated heterocycles. The molecule has 0 radical (unpaired) electrons. The molecule has 0 aliphatic heterocycles. The number of aromatic amines is 1. The number of nitrogens with zero attached hydrogens (tertiary/aromatic N) is 1. The van der Waals surface area contributed by atoms with Crippen LogP contribution in [0.4, 0.5) is 0 Å². The van der Waals surface area contributed by atoms with Crippen molar-refractivity contribution in [2.75, 3.05) is 0 Å². The number of para-hydroxylation sites is 1. The second kappa shape index (κ2) is 8.22. The predicted octanol–water partition coefficient (Wildman–Crippen LogP) is 9.75. The molecule has 178 valence electrons. The lowest BCUT2D eigenvalue weighted by Gasteiger charge is -2.12. The van der Waals surface area contributed by atoms with Crippen LogP contribution >= 0.6 is 0 Å². The standard InChI is InChI=1S/C36H24N2/c1-2-7-27-22-31(15-12-24(27)6-1)38-35-11-4-3-10-33(35)34-17-14-29-21-28(13-16-32(29)36(34)38)25-8-5-9-26(20-25)30-18-19-37-23-30/h1-23,37H. The van der Waals surface area contributed by atoms with Crippen LogP contribution in [0, 0.1) is 0 Å². The van der Waals surface area contributed by atoms with Crippen LogP contribution in [0.1, 0.15) is 0 Å². The first-order valence-corrected chi connectivity index (χ1v) is 13.0. The molecular weight excluding hydrogens is 460 g/mol. The van der Waals surface area contributed by atoms with E-state index in [-0.39, 0.29) is 0 Å². The Morgan fingerprint density at radius 1 is 0.447 bits per heavy atom. The quantitative estimate of drug-likeness (QED) is 0.258. The van der Waals surface area contributed by atoms with E-state index in [4.69, 9.17) is 0 Å². The lowest BCUT2D eigenvalue weighted by atomic mass is 9.97. The van der Waals surface area contributed by atoms with E-state index >= 15 is 0 Å². The Balaban J connectivity index is 1.37. The van der Waals surface area contributed by atoms with Crippen molar-refractivity contribution >= 4 is 43.4 Å². The first-order chi connectivity index (χ1) is 18.8. The van der Waals surface area contributed by atoms with Gasteiger partial charge in [-0.25, -0.2) is 0 Å². The molecule has 0 unspecified atom stereocenters. The number of fused-ring (bicyclic) bond motifs is 6. The smallest absolute Gasteiger partial charge is 0.0619 e. The average molecular weight is 485 g/mol. The van der Waals surface area contributed by atoms with Crippen molar-refractivity contribution in [3.63, 3.8) is 0 Å². The summed E-state index contributed by atoms with van der Waals surface area (Å²) in [6, 6.07) is 46.4. The highest BCUT2D eigenvalue weighted by Crippen LogP contribution is 2.38. The second-order valence-corrected chi connectivity index (χ2v) is 9.96. The molecule has 2 heterocycles. The number of benzene rings is 6. The molecule has 0 saturated carbocycles. The van der Waals surface area contributed by atoms with Crippen LogP contribution in [0.15, 0.2) is 140 Å². The molecule has 2 aromatic heterocycles. The van der Waals surface area contributed by atoms with Crippen molar-refractivity contribution in [3.05, 3.63) is 140 Å². The van der Waals surface area contributed by atoms with Crippen molar-refractivity contribution in [2.45, 2.75) is 0 Å². The van der Waals surface area contributed by atoms with E-state index in [9.17, 15) is 0 Å². The number of nitrogens with one attached hydrogen (secondary N) is 1. The molecule has 0 bridgehead atoms. The highest BCUT2D eigenvalue weighted by atomic mass is 15.0. The molecule has 0 spiro atoms. The Morgan fingerprint density at radius 2 is 1.21 bits per heavy atom. The molecule has 0 atom stereocenters. The van der Waals surface area contributed by atoms with Crippen molar-refractivity contribution in [1.29, 1.82) is 0 Å². The summed E-state index contributed by atoms with van der Waals surface area (Å²) in [6.07, 6.45) is 4.01. The van der Waals surface area contributed by atoms with Gasteiger partial charge in [-0.3, -0.25) is 0 Å². The highest BCUT2D eigenvalue weighted by Gasteiger charge is 2.15. The van der Waals surface area contributed by atoms with E-state index in [0.29, 0.717) is 0 Å². The van der Waals surface area contributed by atoms with E-state index in [1.165, 1.54) is 71.3 Å². The van der Waals surface area contributed by atoms with Gasteiger partial charge in [0.2, 0.25) is 0 Å². The number of hydrogen-bond donors (Lipinski definition) is 1. The second-order valence-electron chi connectivity index (χ2n) is 9.96. The first-order valence-electron chi connectivity index (χ1n) is 13.0. The normalized spacial score (nSPS) is 11.7. The predicted molar refractivity (Wildman–Crippen MR) is 161 cm³/mol. The molecule has 2 heteroatoms. The number of hydrogen-bond acceptors (Lipinski definition) is 0. The van der Waals surface area contributed by atoms with Gasteiger partial charge in [-0.1, -0.05) is 91.0 Å². The zero-order valence-corrected chi connectivity index (χ0v) is 20.7. The Bertz CT molecular complexity index is 2130. The summed E-state index contributed by atoms with van der Waals surface area (Å²) in [4.78, 5) is 3.17. The van der Waals surface area contributed by atoms with Crippen LogP contribution in [0.2, 0.25) is 0 Å². The third-order valence-electron chi connectivity index (χ3n) is 7.77. The van der Waals surface area contributed by atoms with Crippen LogP contribution in [0.3, 0.4) is 0 Å². The van der Waals surface area contributed by atoms with Crippen molar-refractivity contribution in [2.24, 2.45) is 0 Å². The van der Waals surface area contributed by atoms with Gasteiger partial charge in [0.05, 0.1) is 11.0 Å². The third-order valence-corrected chi connectivity index (χ3v) is 7.77. The van der Waals surface area contributed by atoms with Crippen LogP contribution in [-0.4, -0.2) is 9.55 Å². The Kier molecular flexibility index (Phi) is 4.55. The molecule has 38 heavy (non-hydrogen) atoms. The summed E-state index contributed by atoms with van der Waals surface area (Å²) in [6.45, 7) is 0. The van der Waals surface area contributed by atoms with Crippen LogP contribution in [-0.2, 0) is 0 Å². The minimum Gasteiger partial charge on any atom is -0.367 e. The number of aromatic nitrogens is 2. The Morgan fingerprint density at radius 3 is 2.11 bits per heavy atom. The topological polar surface area (TPSA) is 20.7 Å². The zero-order chi connectivity index (χ0) is 25.1. The van der Waals surface area contributed by atoms with E-state index < -0.39 is 0 Å². The maximum atomic E-state index is 3.17. The molecule has 8 aromatic rings. The number of rotatable bonds is 3. The SMILES string of the molecule is c1cc(-c2cc[nH]c2)cc(-c2ccc3c(ccc4c5ccccc5n(-c5ccc6ccccc6c5)c34)c2)c1. The van der Waals surface area contributed by atoms with Crippen molar-refractivity contribution < 1.29 is 0 Å². The Hall–Kier alpha value is -5.08. The molecule has 0 aliphatic carbocycles. The summed E-state index contributed by atoms with van der Waals surface area (Å²) in [5, 5.41) is 7.57. The minimum absolute atomic E-state index is 1.19. The molecule has 8 rings (SSSR count). The van der Waals surface area contributed by atoms with E-state index in [1.54, 1.807) is 0 Å². The van der Waals surface area contributed by atoms with Gasteiger partial charge in [0.25, 0.3) is 0 Å². The van der Waals surface area contributed by atoms with E-state index in [2.05, 4.69) is 137 Å². The van der Waals surface area contributed by atoms with Gasteiger partial charge >= 0.3 is 0 Å². The summed E-state index contributed by atoms with van der Waals surface area (Å²) >= 11 is 0. The van der Waals surface area contributed by atoms with Crippen LogP contribution < -0.4 is 0 Å². The van der Waals surface area contributed by atoms with Gasteiger partial charge in [0, 0.05) is 34.2 Å². The number of H-pyrrole nitrogens is 1. The lowest BCUT2D eigenvalue weighted by molar-refractivity contribution is 1.19. The summed E-state index contributed by atoms with van der Waals surface area (Å²) in [5.74, 6) is 0. The zero-order valence-electron chi connectivity index (χ0n) is 20.7. The van der Waals surface area contributed by atoms with Crippen LogP contribution in [0.5, 0.6) is 0 Å². The maximum absolute atomic E-state index is 3.17. The monoisotopic (exact) mass is 484 g/mol. The van der Waals surface area contributed by atoms with Crippen molar-refractivity contribution in [1.82, 2.24) is 9.55 Å². The molecule has 0 fully saturated rings. The fraction of sp³-hybridized carbons (Fsp3) is 0. The molecule has 1 N–H and O–H groups in total. The Labute approximate surface area is 220 Å². The van der Waals surface area contributed by atoms with Crippen LogP contribution in [0.25, 0.3) is 71.3 Å². The lowest BCUT2D eigenvalue weighted by Crippen LogP contribution is -1.94. The van der Waals surface area contributed by atoms with Gasteiger partial charge in [-0.05, 0) is 74.8 Å². The highest BCUT2D eigenvalue weighted by molar-refractivity contribution is 6.19. The van der Waals surface area contributed by atoms with Crippen molar-refractivity contribution in [3.8, 4) is 27.9 Å².